The Bertz CT molecular complexity index is 955. The lowest BCUT2D eigenvalue weighted by Gasteiger charge is -2.09. The lowest BCUT2D eigenvalue weighted by atomic mass is 10.1. The van der Waals surface area contributed by atoms with Crippen LogP contribution in [0.25, 0.3) is 0 Å². The lowest BCUT2D eigenvalue weighted by Crippen LogP contribution is -2.15. The molecule has 0 saturated heterocycles. The maximum Gasteiger partial charge on any atom is 0.275 e. The molecule has 6 nitrogen and oxygen atoms in total. The molecule has 0 atom stereocenters. The second-order valence-electron chi connectivity index (χ2n) is 6.59. The number of nitrogens with zero attached hydrogens (tertiary/aromatic N) is 2. The molecule has 1 aromatic heterocycles. The van der Waals surface area contributed by atoms with E-state index in [2.05, 4.69) is 26.7 Å². The van der Waals surface area contributed by atoms with Gasteiger partial charge < -0.3 is 15.4 Å². The van der Waals surface area contributed by atoms with E-state index in [1.165, 1.54) is 11.8 Å². The number of benzene rings is 2. The number of hydrogen-bond acceptors (Lipinski definition) is 5. The van der Waals surface area contributed by atoms with Crippen LogP contribution in [0.1, 0.15) is 27.2 Å². The third-order valence-corrected chi connectivity index (χ3v) is 4.37. The fraction of sp³-hybridized carbons (Fsp3) is 0.227. The van der Waals surface area contributed by atoms with E-state index in [1.54, 1.807) is 13.3 Å². The Morgan fingerprint density at radius 2 is 1.93 bits per heavy atom. The molecule has 1 amide bonds. The van der Waals surface area contributed by atoms with Crippen molar-refractivity contribution in [1.29, 1.82) is 0 Å². The molecule has 0 bridgehead atoms. The molecule has 3 rings (SSSR count). The summed E-state index contributed by atoms with van der Waals surface area (Å²) in [5, 5.41) is 6.09. The van der Waals surface area contributed by atoms with Crippen LogP contribution in [0.4, 0.5) is 11.5 Å². The molecule has 0 aliphatic heterocycles. The van der Waals surface area contributed by atoms with Gasteiger partial charge in [-0.15, -0.1) is 0 Å². The highest BCUT2D eigenvalue weighted by Crippen LogP contribution is 2.17. The van der Waals surface area contributed by atoms with Crippen molar-refractivity contribution in [2.24, 2.45) is 0 Å². The molecule has 0 unspecified atom stereocenters. The molecule has 0 fully saturated rings. The third kappa shape index (κ3) is 5.07. The minimum absolute atomic E-state index is 0.276. The van der Waals surface area contributed by atoms with E-state index in [9.17, 15) is 4.79 Å². The van der Waals surface area contributed by atoms with E-state index in [-0.39, 0.29) is 11.6 Å². The molecule has 0 saturated carbocycles. The molecule has 0 aliphatic carbocycles. The average Bonchev–Trinajstić information content (AvgIpc) is 2.71. The molecule has 2 N–H and O–H groups in total. The molecule has 0 spiro atoms. The van der Waals surface area contributed by atoms with Crippen molar-refractivity contribution in [3.63, 3.8) is 0 Å². The summed E-state index contributed by atoms with van der Waals surface area (Å²) in [5.41, 5.74) is 4.39. The van der Waals surface area contributed by atoms with Gasteiger partial charge in [0.05, 0.1) is 19.5 Å². The minimum atomic E-state index is -0.276. The second kappa shape index (κ2) is 8.99. The highest BCUT2D eigenvalue weighted by Gasteiger charge is 2.10. The van der Waals surface area contributed by atoms with Crippen molar-refractivity contribution in [3.05, 3.63) is 77.2 Å². The van der Waals surface area contributed by atoms with Crippen molar-refractivity contribution in [2.75, 3.05) is 24.3 Å². The molecule has 6 heteroatoms. The standard InChI is InChI=1S/C22H24N4O2/c1-15-7-8-19(16(2)11-15)26-22(27)20-13-25-21(14-24-20)23-10-9-17-5-4-6-18(12-17)28-3/h4-8,11-14H,9-10H2,1-3H3,(H,23,25)(H,26,27). The number of anilines is 2. The fourth-order valence-corrected chi connectivity index (χ4v) is 2.84. The smallest absolute Gasteiger partial charge is 0.275 e. The van der Waals surface area contributed by atoms with Crippen molar-refractivity contribution < 1.29 is 9.53 Å². The summed E-state index contributed by atoms with van der Waals surface area (Å²) in [6, 6.07) is 13.8. The normalized spacial score (nSPS) is 10.4. The number of methoxy groups -OCH3 is 1. The van der Waals surface area contributed by atoms with Crippen LogP contribution >= 0.6 is 0 Å². The first-order valence-electron chi connectivity index (χ1n) is 9.12. The van der Waals surface area contributed by atoms with Gasteiger partial charge in [0, 0.05) is 12.2 Å². The molecular formula is C22H24N4O2. The summed E-state index contributed by atoms with van der Waals surface area (Å²) >= 11 is 0. The highest BCUT2D eigenvalue weighted by atomic mass is 16.5. The molecule has 2 aromatic carbocycles. The van der Waals surface area contributed by atoms with Gasteiger partial charge in [-0.2, -0.15) is 0 Å². The number of hydrogen-bond donors (Lipinski definition) is 2. The quantitative estimate of drug-likeness (QED) is 0.652. The zero-order valence-electron chi connectivity index (χ0n) is 16.3. The predicted octanol–water partition coefficient (Wildman–Crippen LogP) is 4.01. The van der Waals surface area contributed by atoms with Crippen LogP contribution in [0.5, 0.6) is 5.75 Å². The maximum absolute atomic E-state index is 12.4. The van der Waals surface area contributed by atoms with Crippen LogP contribution in [-0.4, -0.2) is 29.5 Å². The average molecular weight is 376 g/mol. The van der Waals surface area contributed by atoms with Gasteiger partial charge in [-0.1, -0.05) is 29.8 Å². The first-order chi connectivity index (χ1) is 13.5. The van der Waals surface area contributed by atoms with Gasteiger partial charge in [-0.3, -0.25) is 4.79 Å². The number of carbonyl (C=O) groups excluding carboxylic acids is 1. The first-order valence-corrected chi connectivity index (χ1v) is 9.12. The Morgan fingerprint density at radius 1 is 1.07 bits per heavy atom. The number of ether oxygens (including phenoxy) is 1. The third-order valence-electron chi connectivity index (χ3n) is 4.37. The molecule has 3 aromatic rings. The number of aryl methyl sites for hydroxylation is 2. The first kappa shape index (κ1) is 19.4. The van der Waals surface area contributed by atoms with Gasteiger partial charge in [0.25, 0.3) is 5.91 Å². The van der Waals surface area contributed by atoms with E-state index in [0.717, 1.165) is 29.0 Å². The van der Waals surface area contributed by atoms with Gasteiger partial charge in [-0.05, 0) is 49.6 Å². The van der Waals surface area contributed by atoms with Crippen LogP contribution < -0.4 is 15.4 Å². The zero-order valence-corrected chi connectivity index (χ0v) is 16.3. The Labute approximate surface area is 165 Å². The molecule has 28 heavy (non-hydrogen) atoms. The molecule has 1 heterocycles. The topological polar surface area (TPSA) is 76.1 Å². The fourth-order valence-electron chi connectivity index (χ4n) is 2.84. The van der Waals surface area contributed by atoms with E-state index in [0.29, 0.717) is 12.4 Å². The Hall–Kier alpha value is -3.41. The molecule has 0 radical (unpaired) electrons. The summed E-state index contributed by atoms with van der Waals surface area (Å²) in [6.45, 7) is 4.68. The summed E-state index contributed by atoms with van der Waals surface area (Å²) in [4.78, 5) is 20.9. The lowest BCUT2D eigenvalue weighted by molar-refractivity contribution is 0.102. The van der Waals surface area contributed by atoms with E-state index >= 15 is 0 Å². The Kier molecular flexibility index (Phi) is 6.22. The van der Waals surface area contributed by atoms with E-state index in [4.69, 9.17) is 4.74 Å². The van der Waals surface area contributed by atoms with Gasteiger partial charge >= 0.3 is 0 Å². The second-order valence-corrected chi connectivity index (χ2v) is 6.59. The number of nitrogens with one attached hydrogen (secondary N) is 2. The van der Waals surface area contributed by atoms with Crippen molar-refractivity contribution in [1.82, 2.24) is 9.97 Å². The summed E-state index contributed by atoms with van der Waals surface area (Å²) in [7, 11) is 1.66. The summed E-state index contributed by atoms with van der Waals surface area (Å²) in [5.74, 6) is 1.20. The van der Waals surface area contributed by atoms with Crippen molar-refractivity contribution in [2.45, 2.75) is 20.3 Å². The Balaban J connectivity index is 1.54. The van der Waals surface area contributed by atoms with Crippen LogP contribution in [0, 0.1) is 13.8 Å². The van der Waals surface area contributed by atoms with Gasteiger partial charge in [-0.25, -0.2) is 9.97 Å². The number of rotatable bonds is 7. The minimum Gasteiger partial charge on any atom is -0.497 e. The molecule has 144 valence electrons. The molecular weight excluding hydrogens is 352 g/mol. The summed E-state index contributed by atoms with van der Waals surface area (Å²) < 4.78 is 5.23. The highest BCUT2D eigenvalue weighted by molar-refractivity contribution is 6.03. The van der Waals surface area contributed by atoms with Crippen molar-refractivity contribution >= 4 is 17.4 Å². The maximum atomic E-state index is 12.4. The van der Waals surface area contributed by atoms with Crippen molar-refractivity contribution in [3.8, 4) is 5.75 Å². The predicted molar refractivity (Wildman–Crippen MR) is 111 cm³/mol. The number of carbonyl (C=O) groups is 1. The monoisotopic (exact) mass is 376 g/mol. The van der Waals surface area contributed by atoms with Crippen LogP contribution in [0.15, 0.2) is 54.9 Å². The van der Waals surface area contributed by atoms with Crippen LogP contribution in [0.2, 0.25) is 0 Å². The zero-order chi connectivity index (χ0) is 19.9. The van der Waals surface area contributed by atoms with Gasteiger partial charge in [0.2, 0.25) is 0 Å². The Morgan fingerprint density at radius 3 is 2.64 bits per heavy atom. The van der Waals surface area contributed by atoms with Crippen LogP contribution in [0.3, 0.4) is 0 Å². The van der Waals surface area contributed by atoms with Gasteiger partial charge in [0.1, 0.15) is 17.3 Å². The molecule has 0 aliphatic rings. The van der Waals surface area contributed by atoms with Gasteiger partial charge in [0.15, 0.2) is 0 Å². The summed E-state index contributed by atoms with van der Waals surface area (Å²) in [6.07, 6.45) is 3.88. The SMILES string of the molecule is COc1cccc(CCNc2cnc(C(=O)Nc3ccc(C)cc3C)cn2)c1. The largest absolute Gasteiger partial charge is 0.497 e. The van der Waals surface area contributed by atoms with Crippen LogP contribution in [-0.2, 0) is 6.42 Å². The number of amides is 1. The van der Waals surface area contributed by atoms with E-state index < -0.39 is 0 Å². The van der Waals surface area contributed by atoms with E-state index in [1.807, 2.05) is 50.2 Å². The number of aromatic nitrogens is 2.